The topological polar surface area (TPSA) is 56.1 Å². The van der Waals surface area contributed by atoms with Gasteiger partial charge in [0.05, 0.1) is 17.6 Å². The van der Waals surface area contributed by atoms with Crippen LogP contribution in [0.1, 0.15) is 11.4 Å². The minimum atomic E-state index is -2.87. The third-order valence-corrected chi connectivity index (χ3v) is 4.83. The summed E-state index contributed by atoms with van der Waals surface area (Å²) in [5, 5.41) is 0. The van der Waals surface area contributed by atoms with E-state index >= 15 is 0 Å². The highest BCUT2D eigenvalue weighted by molar-refractivity contribution is 5.82. The third kappa shape index (κ3) is 3.94. The number of aryl methyl sites for hydroxylation is 1. The zero-order valence-electron chi connectivity index (χ0n) is 16.9. The molecule has 2 heterocycles. The summed E-state index contributed by atoms with van der Waals surface area (Å²) < 4.78 is 32.2. The lowest BCUT2D eigenvalue weighted by atomic mass is 10.1. The van der Waals surface area contributed by atoms with Crippen molar-refractivity contribution < 1.29 is 13.5 Å². The van der Waals surface area contributed by atoms with Crippen molar-refractivity contribution in [2.75, 3.05) is 19.0 Å². The fourth-order valence-electron chi connectivity index (χ4n) is 3.34. The van der Waals surface area contributed by atoms with Crippen molar-refractivity contribution in [3.05, 3.63) is 66.2 Å². The Hall–Kier alpha value is -3.55. The quantitative estimate of drug-likeness (QED) is 0.469. The third-order valence-electron chi connectivity index (χ3n) is 4.83. The number of ether oxygens (including phenoxy) is 1. The molecular formula is C22H21F2N5O. The standard InChI is InChI=1S/C22H21F2N5O/c1-14-27-18-9-8-15(17-11-25-22(26-12-17)28(2)3)10-19(18)29(14)13-16-6-4-5-7-20(16)30-21(23)24/h4-12,21H,13H2,1-3H3. The summed E-state index contributed by atoms with van der Waals surface area (Å²) >= 11 is 0. The minimum absolute atomic E-state index is 0.164. The number of alkyl halides is 2. The molecule has 0 fully saturated rings. The van der Waals surface area contributed by atoms with Crippen LogP contribution in [-0.2, 0) is 6.54 Å². The van der Waals surface area contributed by atoms with Gasteiger partial charge >= 0.3 is 6.61 Å². The fraction of sp³-hybridized carbons (Fsp3) is 0.227. The molecule has 0 spiro atoms. The molecule has 2 aromatic heterocycles. The number of hydrogen-bond acceptors (Lipinski definition) is 5. The number of benzene rings is 2. The Balaban J connectivity index is 1.73. The van der Waals surface area contributed by atoms with Gasteiger partial charge in [0.25, 0.3) is 0 Å². The molecule has 2 aromatic carbocycles. The summed E-state index contributed by atoms with van der Waals surface area (Å²) in [7, 11) is 3.77. The van der Waals surface area contributed by atoms with Gasteiger partial charge in [-0.3, -0.25) is 0 Å². The Morgan fingerprint density at radius 1 is 1.03 bits per heavy atom. The Kier molecular flexibility index (Phi) is 5.31. The Morgan fingerprint density at radius 2 is 1.77 bits per heavy atom. The average molecular weight is 409 g/mol. The van der Waals surface area contributed by atoms with E-state index in [1.807, 2.05) is 48.7 Å². The molecule has 0 atom stereocenters. The number of nitrogens with zero attached hydrogens (tertiary/aromatic N) is 5. The molecule has 4 aromatic rings. The van der Waals surface area contributed by atoms with Crippen molar-refractivity contribution in [2.24, 2.45) is 0 Å². The molecular weight excluding hydrogens is 388 g/mol. The summed E-state index contributed by atoms with van der Waals surface area (Å²) in [6.45, 7) is -0.612. The van der Waals surface area contributed by atoms with E-state index in [0.29, 0.717) is 18.1 Å². The first-order chi connectivity index (χ1) is 14.4. The normalized spacial score (nSPS) is 11.3. The van der Waals surface area contributed by atoms with Crippen molar-refractivity contribution in [1.82, 2.24) is 19.5 Å². The van der Waals surface area contributed by atoms with E-state index in [1.54, 1.807) is 36.7 Å². The first kappa shape index (κ1) is 19.8. The monoisotopic (exact) mass is 409 g/mol. The molecule has 0 amide bonds. The van der Waals surface area contributed by atoms with Crippen LogP contribution < -0.4 is 9.64 Å². The maximum absolute atomic E-state index is 12.8. The van der Waals surface area contributed by atoms with Crippen LogP contribution in [0.3, 0.4) is 0 Å². The second-order valence-corrected chi connectivity index (χ2v) is 7.10. The molecule has 0 bridgehead atoms. The van der Waals surface area contributed by atoms with Crippen LogP contribution in [0.4, 0.5) is 14.7 Å². The molecule has 30 heavy (non-hydrogen) atoms. The predicted octanol–water partition coefficient (Wildman–Crippen LogP) is 4.52. The van der Waals surface area contributed by atoms with Crippen LogP contribution in [-0.4, -0.2) is 40.2 Å². The predicted molar refractivity (Wildman–Crippen MR) is 112 cm³/mol. The number of imidazole rings is 1. The Morgan fingerprint density at radius 3 is 2.47 bits per heavy atom. The Labute approximate surface area is 172 Å². The minimum Gasteiger partial charge on any atom is -0.434 e. The summed E-state index contributed by atoms with van der Waals surface area (Å²) in [4.78, 5) is 15.2. The average Bonchev–Trinajstić information content (AvgIpc) is 3.03. The van der Waals surface area contributed by atoms with Gasteiger partial charge in [-0.05, 0) is 30.7 Å². The lowest BCUT2D eigenvalue weighted by molar-refractivity contribution is -0.0504. The molecule has 154 valence electrons. The number of rotatable bonds is 6. The van der Waals surface area contributed by atoms with Crippen molar-refractivity contribution in [3.63, 3.8) is 0 Å². The lowest BCUT2D eigenvalue weighted by Crippen LogP contribution is -2.12. The largest absolute Gasteiger partial charge is 0.434 e. The number of halogens is 2. The maximum atomic E-state index is 12.8. The molecule has 0 saturated heterocycles. The molecule has 4 rings (SSSR count). The lowest BCUT2D eigenvalue weighted by Gasteiger charge is -2.13. The number of hydrogen-bond donors (Lipinski definition) is 0. The molecule has 0 unspecified atom stereocenters. The van der Waals surface area contributed by atoms with Gasteiger partial charge < -0.3 is 14.2 Å². The molecule has 8 heteroatoms. The van der Waals surface area contributed by atoms with Crippen LogP contribution >= 0.6 is 0 Å². The first-order valence-electron chi connectivity index (χ1n) is 9.41. The van der Waals surface area contributed by atoms with Crippen molar-refractivity contribution in [2.45, 2.75) is 20.1 Å². The second-order valence-electron chi connectivity index (χ2n) is 7.10. The molecule has 6 nitrogen and oxygen atoms in total. The molecule has 0 N–H and O–H groups in total. The highest BCUT2D eigenvalue weighted by Crippen LogP contribution is 2.28. The SMILES string of the molecule is Cc1nc2ccc(-c3cnc(N(C)C)nc3)cc2n1Cc1ccccc1OC(F)F. The van der Waals surface area contributed by atoms with E-state index < -0.39 is 6.61 Å². The van der Waals surface area contributed by atoms with Crippen LogP contribution in [0, 0.1) is 6.92 Å². The van der Waals surface area contributed by atoms with Gasteiger partial charge in [-0.1, -0.05) is 24.3 Å². The van der Waals surface area contributed by atoms with Gasteiger partial charge in [-0.25, -0.2) is 15.0 Å². The number of aromatic nitrogens is 4. The van der Waals surface area contributed by atoms with Crippen LogP contribution in [0.15, 0.2) is 54.9 Å². The van der Waals surface area contributed by atoms with Gasteiger partial charge in [-0.15, -0.1) is 0 Å². The molecule has 0 aliphatic rings. The molecule has 0 saturated carbocycles. The van der Waals surface area contributed by atoms with Crippen LogP contribution in [0.5, 0.6) is 5.75 Å². The van der Waals surface area contributed by atoms with Crippen molar-refractivity contribution >= 4 is 17.0 Å². The second kappa shape index (κ2) is 8.06. The van der Waals surface area contributed by atoms with Gasteiger partial charge in [0, 0.05) is 37.6 Å². The summed E-state index contributed by atoms with van der Waals surface area (Å²) in [6, 6.07) is 12.7. The number of fused-ring (bicyclic) bond motifs is 1. The van der Waals surface area contributed by atoms with E-state index in [1.165, 1.54) is 0 Å². The smallest absolute Gasteiger partial charge is 0.387 e. The highest BCUT2D eigenvalue weighted by Gasteiger charge is 2.14. The van der Waals surface area contributed by atoms with E-state index in [0.717, 1.165) is 28.0 Å². The molecule has 0 aliphatic carbocycles. The summed E-state index contributed by atoms with van der Waals surface area (Å²) in [5.41, 5.74) is 4.22. The van der Waals surface area contributed by atoms with Gasteiger partial charge in [0.1, 0.15) is 11.6 Å². The zero-order chi connectivity index (χ0) is 21.3. The van der Waals surface area contributed by atoms with E-state index in [2.05, 4.69) is 19.7 Å². The fourth-order valence-corrected chi connectivity index (χ4v) is 3.34. The van der Waals surface area contributed by atoms with E-state index in [4.69, 9.17) is 0 Å². The van der Waals surface area contributed by atoms with Gasteiger partial charge in [0.2, 0.25) is 5.95 Å². The zero-order valence-corrected chi connectivity index (χ0v) is 16.9. The summed E-state index contributed by atoms with van der Waals surface area (Å²) in [5.74, 6) is 1.59. The number of anilines is 1. The molecule has 0 aliphatic heterocycles. The van der Waals surface area contributed by atoms with Gasteiger partial charge in [0.15, 0.2) is 0 Å². The van der Waals surface area contributed by atoms with Crippen LogP contribution in [0.25, 0.3) is 22.2 Å². The van der Waals surface area contributed by atoms with Crippen molar-refractivity contribution in [3.8, 4) is 16.9 Å². The van der Waals surface area contributed by atoms with Gasteiger partial charge in [-0.2, -0.15) is 8.78 Å². The highest BCUT2D eigenvalue weighted by atomic mass is 19.3. The maximum Gasteiger partial charge on any atom is 0.387 e. The van der Waals surface area contributed by atoms with E-state index in [9.17, 15) is 8.78 Å². The molecule has 0 radical (unpaired) electrons. The first-order valence-corrected chi connectivity index (χ1v) is 9.41. The Bertz CT molecular complexity index is 1170. The van der Waals surface area contributed by atoms with Crippen LogP contribution in [0.2, 0.25) is 0 Å². The summed E-state index contributed by atoms with van der Waals surface area (Å²) in [6.07, 6.45) is 3.56. The number of para-hydroxylation sites is 1. The van der Waals surface area contributed by atoms with Crippen molar-refractivity contribution in [1.29, 1.82) is 0 Å². The van der Waals surface area contributed by atoms with E-state index in [-0.39, 0.29) is 5.75 Å².